The molecule has 2 atom stereocenters. The molecule has 0 aromatic carbocycles. The summed E-state index contributed by atoms with van der Waals surface area (Å²) in [6, 6.07) is -0.0139. The highest BCUT2D eigenvalue weighted by Gasteiger charge is 2.28. The maximum atomic E-state index is 11.0. The minimum absolute atomic E-state index is 0.0185. The number of ether oxygens (including phenoxy) is 2. The highest BCUT2D eigenvalue weighted by molar-refractivity contribution is 5.76. The molecular formula is C13H24N2O4. The maximum Gasteiger partial charge on any atom is 0.323 e. The van der Waals surface area contributed by atoms with Crippen LogP contribution < -0.4 is 5.32 Å². The zero-order valence-electron chi connectivity index (χ0n) is 12.0. The van der Waals surface area contributed by atoms with E-state index in [1.165, 1.54) is 14.2 Å². The Hall–Kier alpha value is -1.14. The smallest absolute Gasteiger partial charge is 0.323 e. The summed E-state index contributed by atoms with van der Waals surface area (Å²) in [6.45, 7) is 1.96. The molecule has 0 spiro atoms. The summed E-state index contributed by atoms with van der Waals surface area (Å²) >= 11 is 0. The van der Waals surface area contributed by atoms with Gasteiger partial charge < -0.3 is 14.8 Å². The van der Waals surface area contributed by atoms with Crippen LogP contribution in [-0.4, -0.2) is 63.3 Å². The third-order valence-corrected chi connectivity index (χ3v) is 3.54. The van der Waals surface area contributed by atoms with Gasteiger partial charge in [0.25, 0.3) is 0 Å². The Balaban J connectivity index is 0.000000191. The molecule has 2 rings (SSSR count). The molecule has 0 radical (unpaired) electrons. The van der Waals surface area contributed by atoms with Crippen molar-refractivity contribution in [2.45, 2.75) is 37.8 Å². The first-order valence-corrected chi connectivity index (χ1v) is 6.69. The first-order valence-electron chi connectivity index (χ1n) is 6.69. The second kappa shape index (κ2) is 8.12. The number of hydrogen-bond acceptors (Lipinski definition) is 6. The zero-order chi connectivity index (χ0) is 14.3. The Bertz CT molecular complexity index is 303. The average Bonchev–Trinajstić information content (AvgIpc) is 3.08. The molecule has 6 heteroatoms. The monoisotopic (exact) mass is 272 g/mol. The molecule has 2 fully saturated rings. The van der Waals surface area contributed by atoms with Crippen molar-refractivity contribution in [3.63, 3.8) is 0 Å². The molecule has 2 aliphatic rings. The Kier molecular flexibility index (Phi) is 6.80. The third-order valence-electron chi connectivity index (χ3n) is 3.54. The molecule has 19 heavy (non-hydrogen) atoms. The summed E-state index contributed by atoms with van der Waals surface area (Å²) in [5.74, 6) is -0.229. The summed E-state index contributed by atoms with van der Waals surface area (Å²) in [7, 11) is 4.81. The summed E-state index contributed by atoms with van der Waals surface area (Å²) in [6.07, 6.45) is 4.06. The van der Waals surface area contributed by atoms with Crippen molar-refractivity contribution in [1.82, 2.24) is 10.2 Å². The van der Waals surface area contributed by atoms with Crippen LogP contribution in [0.15, 0.2) is 0 Å². The Morgan fingerprint density at radius 3 is 2.21 bits per heavy atom. The number of hydrogen-bond donors (Lipinski definition) is 1. The van der Waals surface area contributed by atoms with Gasteiger partial charge in [-0.05, 0) is 45.8 Å². The molecule has 0 aliphatic carbocycles. The number of methoxy groups -OCH3 is 2. The highest BCUT2D eigenvalue weighted by Crippen LogP contribution is 2.15. The van der Waals surface area contributed by atoms with Crippen molar-refractivity contribution in [2.75, 3.05) is 34.4 Å². The largest absolute Gasteiger partial charge is 0.468 e. The van der Waals surface area contributed by atoms with Crippen LogP contribution >= 0.6 is 0 Å². The fourth-order valence-corrected chi connectivity index (χ4v) is 2.37. The van der Waals surface area contributed by atoms with E-state index in [4.69, 9.17) is 0 Å². The SMILES string of the molecule is COC(=O)C1CCCN1.COC(=O)C1CCCN1C. The van der Waals surface area contributed by atoms with Gasteiger partial charge in [0.2, 0.25) is 0 Å². The number of carbonyl (C=O) groups is 2. The number of nitrogens with one attached hydrogen (secondary N) is 1. The standard InChI is InChI=1S/C7H13NO2.C6H11NO2/c1-8-5-3-4-6(8)7(9)10-2;1-9-6(8)5-3-2-4-7-5/h6H,3-5H2,1-2H3;5,7H,2-4H2,1H3. The number of esters is 2. The van der Waals surface area contributed by atoms with E-state index in [1.807, 2.05) is 11.9 Å². The maximum absolute atomic E-state index is 11.0. The lowest BCUT2D eigenvalue weighted by Gasteiger charge is -2.15. The van der Waals surface area contributed by atoms with Gasteiger partial charge in [-0.2, -0.15) is 0 Å². The Morgan fingerprint density at radius 1 is 1.11 bits per heavy atom. The van der Waals surface area contributed by atoms with Gasteiger partial charge in [-0.15, -0.1) is 0 Å². The summed E-state index contributed by atoms with van der Waals surface area (Å²) < 4.78 is 9.16. The lowest BCUT2D eigenvalue weighted by Crippen LogP contribution is -2.33. The quantitative estimate of drug-likeness (QED) is 0.723. The van der Waals surface area contributed by atoms with Gasteiger partial charge in [0, 0.05) is 0 Å². The van der Waals surface area contributed by atoms with Crippen LogP contribution in [0.5, 0.6) is 0 Å². The first kappa shape index (κ1) is 15.9. The van der Waals surface area contributed by atoms with E-state index < -0.39 is 0 Å². The second-order valence-electron chi connectivity index (χ2n) is 4.83. The van der Waals surface area contributed by atoms with E-state index in [0.717, 1.165) is 38.8 Å². The summed E-state index contributed by atoms with van der Waals surface area (Å²) in [5, 5.41) is 3.03. The fourth-order valence-electron chi connectivity index (χ4n) is 2.37. The molecule has 0 aromatic heterocycles. The van der Waals surface area contributed by atoms with Crippen molar-refractivity contribution >= 4 is 11.9 Å². The van der Waals surface area contributed by atoms with Gasteiger partial charge in [-0.1, -0.05) is 0 Å². The normalized spacial score (nSPS) is 26.5. The van der Waals surface area contributed by atoms with Crippen molar-refractivity contribution in [1.29, 1.82) is 0 Å². The molecular weight excluding hydrogens is 248 g/mol. The van der Waals surface area contributed by atoms with Gasteiger partial charge in [0.1, 0.15) is 12.1 Å². The average molecular weight is 272 g/mol. The molecule has 0 amide bonds. The molecule has 0 saturated carbocycles. The van der Waals surface area contributed by atoms with Crippen LogP contribution in [0, 0.1) is 0 Å². The zero-order valence-corrected chi connectivity index (χ0v) is 12.0. The van der Waals surface area contributed by atoms with Crippen LogP contribution in [0.4, 0.5) is 0 Å². The Morgan fingerprint density at radius 2 is 1.79 bits per heavy atom. The summed E-state index contributed by atoms with van der Waals surface area (Å²) in [5.41, 5.74) is 0. The molecule has 2 saturated heterocycles. The van der Waals surface area contributed by atoms with E-state index in [9.17, 15) is 9.59 Å². The van der Waals surface area contributed by atoms with E-state index in [0.29, 0.717) is 0 Å². The third kappa shape index (κ3) is 4.80. The van der Waals surface area contributed by atoms with Gasteiger partial charge in [0.05, 0.1) is 14.2 Å². The Labute approximate surface area is 114 Å². The predicted octanol–water partition coefficient (Wildman–Crippen LogP) is 0.165. The van der Waals surface area contributed by atoms with E-state index in [2.05, 4.69) is 14.8 Å². The van der Waals surface area contributed by atoms with E-state index in [1.54, 1.807) is 0 Å². The number of carbonyl (C=O) groups excluding carboxylic acids is 2. The lowest BCUT2D eigenvalue weighted by atomic mass is 10.2. The highest BCUT2D eigenvalue weighted by atomic mass is 16.5. The van der Waals surface area contributed by atoms with Gasteiger partial charge >= 0.3 is 11.9 Å². The van der Waals surface area contributed by atoms with Crippen LogP contribution in [0.25, 0.3) is 0 Å². The first-order chi connectivity index (χ1) is 9.10. The van der Waals surface area contributed by atoms with E-state index >= 15 is 0 Å². The molecule has 2 aliphatic heterocycles. The number of likely N-dealkylation sites (N-methyl/N-ethyl adjacent to an activating group) is 1. The molecule has 0 aromatic rings. The van der Waals surface area contributed by atoms with Gasteiger partial charge in [0.15, 0.2) is 0 Å². The number of nitrogens with zero attached hydrogens (tertiary/aromatic N) is 1. The number of rotatable bonds is 2. The lowest BCUT2D eigenvalue weighted by molar-refractivity contribution is -0.145. The molecule has 110 valence electrons. The summed E-state index contributed by atoms with van der Waals surface area (Å²) in [4.78, 5) is 23.7. The minimum Gasteiger partial charge on any atom is -0.468 e. The molecule has 2 unspecified atom stereocenters. The van der Waals surface area contributed by atoms with Gasteiger partial charge in [-0.3, -0.25) is 14.5 Å². The number of likely N-dealkylation sites (tertiary alicyclic amines) is 1. The van der Waals surface area contributed by atoms with Gasteiger partial charge in [-0.25, -0.2) is 0 Å². The minimum atomic E-state index is -0.132. The van der Waals surface area contributed by atoms with Crippen molar-refractivity contribution < 1.29 is 19.1 Å². The fraction of sp³-hybridized carbons (Fsp3) is 0.846. The van der Waals surface area contributed by atoms with Crippen LogP contribution in [0.3, 0.4) is 0 Å². The van der Waals surface area contributed by atoms with Crippen molar-refractivity contribution in [3.8, 4) is 0 Å². The predicted molar refractivity (Wildman–Crippen MR) is 70.7 cm³/mol. The van der Waals surface area contributed by atoms with E-state index in [-0.39, 0.29) is 24.0 Å². The molecule has 0 bridgehead atoms. The topological polar surface area (TPSA) is 67.9 Å². The van der Waals surface area contributed by atoms with Crippen molar-refractivity contribution in [2.24, 2.45) is 0 Å². The molecule has 2 heterocycles. The van der Waals surface area contributed by atoms with Crippen LogP contribution in [0.1, 0.15) is 25.7 Å². The molecule has 1 N–H and O–H groups in total. The van der Waals surface area contributed by atoms with Crippen LogP contribution in [-0.2, 0) is 19.1 Å². The molecule has 6 nitrogen and oxygen atoms in total. The second-order valence-corrected chi connectivity index (χ2v) is 4.83. The van der Waals surface area contributed by atoms with Crippen LogP contribution in [0.2, 0.25) is 0 Å². The van der Waals surface area contributed by atoms with Crippen molar-refractivity contribution in [3.05, 3.63) is 0 Å².